The van der Waals surface area contributed by atoms with Crippen LogP contribution in [0.4, 0.5) is 5.95 Å². The monoisotopic (exact) mass is 284 g/mol. The van der Waals surface area contributed by atoms with Gasteiger partial charge < -0.3 is 10.1 Å². The average Bonchev–Trinajstić information content (AvgIpc) is 2.82. The number of halogens is 1. The van der Waals surface area contributed by atoms with Gasteiger partial charge in [-0.3, -0.25) is 0 Å². The summed E-state index contributed by atoms with van der Waals surface area (Å²) >= 11 is 7.51. The minimum absolute atomic E-state index is 0.132. The van der Waals surface area contributed by atoms with Crippen molar-refractivity contribution in [2.45, 2.75) is 13.3 Å². The van der Waals surface area contributed by atoms with Gasteiger partial charge in [0.1, 0.15) is 0 Å². The Balaban J connectivity index is 1.92. The lowest BCUT2D eigenvalue weighted by Gasteiger charge is -2.06. The number of hydrogen-bond acceptors (Lipinski definition) is 6. The number of anilines is 1. The first kappa shape index (κ1) is 13.0. The van der Waals surface area contributed by atoms with Crippen LogP contribution in [0.5, 0.6) is 6.01 Å². The van der Waals surface area contributed by atoms with Crippen molar-refractivity contribution in [3.8, 4) is 6.01 Å². The molecule has 0 fully saturated rings. The third-order valence-corrected chi connectivity index (χ3v) is 3.20. The molecule has 0 spiro atoms. The zero-order chi connectivity index (χ0) is 12.8. The van der Waals surface area contributed by atoms with E-state index in [0.29, 0.717) is 12.6 Å². The molecule has 0 aliphatic heterocycles. The van der Waals surface area contributed by atoms with Crippen molar-refractivity contribution >= 4 is 28.9 Å². The van der Waals surface area contributed by atoms with E-state index in [0.717, 1.165) is 13.0 Å². The van der Waals surface area contributed by atoms with Gasteiger partial charge in [0.2, 0.25) is 11.2 Å². The topological polar surface area (TPSA) is 59.9 Å². The number of nitrogens with one attached hydrogen (secondary N) is 1. The molecule has 2 heterocycles. The largest absolute Gasteiger partial charge is 0.464 e. The molecular formula is C11H13ClN4OS. The number of rotatable bonds is 6. The quantitative estimate of drug-likeness (QED) is 0.884. The Morgan fingerprint density at radius 2 is 2.28 bits per heavy atom. The second kappa shape index (κ2) is 6.51. The summed E-state index contributed by atoms with van der Waals surface area (Å²) < 4.78 is 5.19. The summed E-state index contributed by atoms with van der Waals surface area (Å²) in [4.78, 5) is 13.3. The Morgan fingerprint density at radius 3 is 3.00 bits per heavy atom. The highest BCUT2D eigenvalue weighted by molar-refractivity contribution is 7.09. The van der Waals surface area contributed by atoms with Crippen molar-refractivity contribution in [3.05, 3.63) is 27.7 Å². The van der Waals surface area contributed by atoms with Crippen LogP contribution in [0.2, 0.25) is 5.28 Å². The van der Waals surface area contributed by atoms with Gasteiger partial charge in [0.25, 0.3) is 0 Å². The Labute approximate surface area is 114 Å². The van der Waals surface area contributed by atoms with Gasteiger partial charge in [0.05, 0.1) is 6.61 Å². The fraction of sp³-hybridized carbons (Fsp3) is 0.364. The summed E-state index contributed by atoms with van der Waals surface area (Å²) in [5.74, 6) is 0.440. The molecule has 0 aliphatic rings. The molecule has 18 heavy (non-hydrogen) atoms. The molecule has 0 amide bonds. The van der Waals surface area contributed by atoms with Crippen LogP contribution in [0.3, 0.4) is 0 Å². The van der Waals surface area contributed by atoms with Gasteiger partial charge in [-0.2, -0.15) is 15.0 Å². The summed E-state index contributed by atoms with van der Waals surface area (Å²) in [6, 6.07) is 4.38. The number of thiophene rings is 1. The van der Waals surface area contributed by atoms with Crippen molar-refractivity contribution in [3.63, 3.8) is 0 Å². The molecular weight excluding hydrogens is 272 g/mol. The molecule has 0 saturated carbocycles. The minimum atomic E-state index is 0.132. The minimum Gasteiger partial charge on any atom is -0.464 e. The van der Waals surface area contributed by atoms with Crippen LogP contribution in [0, 0.1) is 0 Å². The zero-order valence-electron chi connectivity index (χ0n) is 9.89. The second-order valence-corrected chi connectivity index (χ2v) is 4.77. The number of nitrogens with zero attached hydrogens (tertiary/aromatic N) is 3. The molecule has 0 bridgehead atoms. The highest BCUT2D eigenvalue weighted by atomic mass is 35.5. The maximum atomic E-state index is 5.78. The number of hydrogen-bond donors (Lipinski definition) is 1. The van der Waals surface area contributed by atoms with Crippen LogP contribution in [0.15, 0.2) is 17.5 Å². The van der Waals surface area contributed by atoms with Crippen LogP contribution in [-0.2, 0) is 6.42 Å². The van der Waals surface area contributed by atoms with E-state index in [1.165, 1.54) is 4.88 Å². The summed E-state index contributed by atoms with van der Waals surface area (Å²) in [7, 11) is 0. The van der Waals surface area contributed by atoms with Crippen LogP contribution in [-0.4, -0.2) is 28.1 Å². The Bertz CT molecular complexity index is 492. The third-order valence-electron chi connectivity index (χ3n) is 2.10. The van der Waals surface area contributed by atoms with Gasteiger partial charge in [0, 0.05) is 11.4 Å². The van der Waals surface area contributed by atoms with E-state index in [-0.39, 0.29) is 11.3 Å². The van der Waals surface area contributed by atoms with Gasteiger partial charge in [0.15, 0.2) is 0 Å². The Kier molecular flexibility index (Phi) is 4.72. The zero-order valence-corrected chi connectivity index (χ0v) is 11.5. The third kappa shape index (κ3) is 3.82. The molecule has 0 aliphatic carbocycles. The maximum Gasteiger partial charge on any atom is 0.322 e. The maximum absolute atomic E-state index is 5.78. The Morgan fingerprint density at radius 1 is 1.39 bits per heavy atom. The van der Waals surface area contributed by atoms with E-state index < -0.39 is 0 Å². The molecule has 2 aromatic heterocycles. The predicted molar refractivity (Wildman–Crippen MR) is 72.5 cm³/mol. The van der Waals surface area contributed by atoms with E-state index in [1.54, 1.807) is 11.3 Å². The molecule has 0 radical (unpaired) electrons. The van der Waals surface area contributed by atoms with E-state index in [2.05, 4.69) is 31.7 Å². The fourth-order valence-corrected chi connectivity index (χ4v) is 2.22. The number of aromatic nitrogens is 3. The second-order valence-electron chi connectivity index (χ2n) is 3.40. The van der Waals surface area contributed by atoms with E-state index in [1.807, 2.05) is 13.0 Å². The number of ether oxygens (including phenoxy) is 1. The van der Waals surface area contributed by atoms with E-state index >= 15 is 0 Å². The molecule has 0 saturated heterocycles. The fourth-order valence-electron chi connectivity index (χ4n) is 1.36. The highest BCUT2D eigenvalue weighted by Gasteiger charge is 2.05. The van der Waals surface area contributed by atoms with Crippen LogP contribution in [0.25, 0.3) is 0 Å². The first-order chi connectivity index (χ1) is 8.78. The van der Waals surface area contributed by atoms with Gasteiger partial charge in [-0.1, -0.05) is 6.07 Å². The average molecular weight is 285 g/mol. The first-order valence-corrected chi connectivity index (χ1v) is 6.84. The summed E-state index contributed by atoms with van der Waals surface area (Å²) in [6.07, 6.45) is 0.922. The van der Waals surface area contributed by atoms with Gasteiger partial charge in [-0.15, -0.1) is 11.3 Å². The van der Waals surface area contributed by atoms with Crippen LogP contribution >= 0.6 is 22.9 Å². The molecule has 0 aromatic carbocycles. The lowest BCUT2D eigenvalue weighted by atomic mass is 10.3. The predicted octanol–water partition coefficient (Wildman–Crippen LogP) is 2.64. The molecule has 0 atom stereocenters. The smallest absolute Gasteiger partial charge is 0.322 e. The lowest BCUT2D eigenvalue weighted by Crippen LogP contribution is -2.09. The van der Waals surface area contributed by atoms with E-state index in [4.69, 9.17) is 16.3 Å². The van der Waals surface area contributed by atoms with Crippen LogP contribution in [0.1, 0.15) is 11.8 Å². The SMILES string of the molecule is CCOc1nc(Cl)nc(NCCc2cccs2)n1. The van der Waals surface area contributed by atoms with Crippen LogP contribution < -0.4 is 10.1 Å². The molecule has 0 unspecified atom stereocenters. The van der Waals surface area contributed by atoms with Gasteiger partial charge >= 0.3 is 6.01 Å². The van der Waals surface area contributed by atoms with Crippen molar-refractivity contribution in [2.75, 3.05) is 18.5 Å². The molecule has 5 nitrogen and oxygen atoms in total. The van der Waals surface area contributed by atoms with Gasteiger partial charge in [-0.05, 0) is 36.4 Å². The van der Waals surface area contributed by atoms with E-state index in [9.17, 15) is 0 Å². The standard InChI is InChI=1S/C11H13ClN4OS/c1-2-17-11-15-9(12)14-10(16-11)13-6-5-8-4-3-7-18-8/h3-4,7H,2,5-6H2,1H3,(H,13,14,15,16). The normalized spacial score (nSPS) is 10.3. The van der Waals surface area contributed by atoms with Crippen molar-refractivity contribution in [1.82, 2.24) is 15.0 Å². The Hall–Kier alpha value is -1.40. The van der Waals surface area contributed by atoms with Gasteiger partial charge in [-0.25, -0.2) is 0 Å². The van der Waals surface area contributed by atoms with Crippen molar-refractivity contribution in [2.24, 2.45) is 0 Å². The molecule has 2 aromatic rings. The molecule has 2 rings (SSSR count). The lowest BCUT2D eigenvalue weighted by molar-refractivity contribution is 0.312. The van der Waals surface area contributed by atoms with Crippen molar-refractivity contribution in [1.29, 1.82) is 0 Å². The summed E-state index contributed by atoms with van der Waals surface area (Å²) in [5, 5.41) is 5.29. The summed E-state index contributed by atoms with van der Waals surface area (Å²) in [5.41, 5.74) is 0. The highest BCUT2D eigenvalue weighted by Crippen LogP contribution is 2.12. The van der Waals surface area contributed by atoms with Crippen molar-refractivity contribution < 1.29 is 4.74 Å². The molecule has 96 valence electrons. The molecule has 7 heteroatoms. The first-order valence-electron chi connectivity index (χ1n) is 5.58. The summed E-state index contributed by atoms with van der Waals surface area (Å²) in [6.45, 7) is 3.10. The molecule has 1 N–H and O–H groups in total.